The number of hydrogen-bond acceptors (Lipinski definition) is 7. The van der Waals surface area contributed by atoms with Gasteiger partial charge in [0.15, 0.2) is 0 Å². The first-order valence-electron chi connectivity index (χ1n) is 6.86. The zero-order valence-corrected chi connectivity index (χ0v) is 11.4. The molecule has 1 aromatic rings. The molecule has 1 fully saturated rings. The van der Waals surface area contributed by atoms with E-state index in [1.807, 2.05) is 0 Å². The Morgan fingerprint density at radius 1 is 1.26 bits per heavy atom. The Kier molecular flexibility index (Phi) is 5.77. The lowest BCUT2D eigenvalue weighted by molar-refractivity contribution is 0.0398. The minimum atomic E-state index is 0.578. The summed E-state index contributed by atoms with van der Waals surface area (Å²) in [7, 11) is 0. The van der Waals surface area contributed by atoms with Crippen LogP contribution in [0, 0.1) is 0 Å². The first-order chi connectivity index (χ1) is 9.38. The zero-order valence-electron chi connectivity index (χ0n) is 11.4. The van der Waals surface area contributed by atoms with Gasteiger partial charge in [0.25, 0.3) is 0 Å². The van der Waals surface area contributed by atoms with Gasteiger partial charge in [-0.3, -0.25) is 4.90 Å². The van der Waals surface area contributed by atoms with Crippen LogP contribution in [0.1, 0.15) is 13.3 Å². The van der Waals surface area contributed by atoms with Crippen LogP contribution < -0.4 is 10.6 Å². The second-order valence-electron chi connectivity index (χ2n) is 4.47. The fraction of sp³-hybridized carbons (Fsp3) is 0.750. The van der Waals surface area contributed by atoms with Crippen LogP contribution in [0.25, 0.3) is 0 Å². The van der Waals surface area contributed by atoms with E-state index in [1.54, 1.807) is 6.20 Å². The maximum absolute atomic E-state index is 5.31. The predicted molar refractivity (Wildman–Crippen MR) is 74.4 cm³/mol. The molecule has 7 nitrogen and oxygen atoms in total. The van der Waals surface area contributed by atoms with Gasteiger partial charge < -0.3 is 15.4 Å². The Hall–Kier alpha value is -1.47. The van der Waals surface area contributed by atoms with Crippen LogP contribution in [0.3, 0.4) is 0 Å². The van der Waals surface area contributed by atoms with Gasteiger partial charge in [-0.05, 0) is 6.42 Å². The van der Waals surface area contributed by atoms with Crippen LogP contribution in [0.5, 0.6) is 0 Å². The molecule has 0 aromatic carbocycles. The summed E-state index contributed by atoms with van der Waals surface area (Å²) in [6.45, 7) is 8.45. The SMILES string of the molecule is CCCNc1cnnc(NCCN2CCOCC2)n1. The summed E-state index contributed by atoms with van der Waals surface area (Å²) >= 11 is 0. The molecular formula is C12H22N6O. The molecule has 1 saturated heterocycles. The predicted octanol–water partition coefficient (Wildman–Crippen LogP) is 0.438. The lowest BCUT2D eigenvalue weighted by atomic mass is 10.4. The summed E-state index contributed by atoms with van der Waals surface area (Å²) in [5, 5.41) is 14.3. The third-order valence-electron chi connectivity index (χ3n) is 2.93. The summed E-state index contributed by atoms with van der Waals surface area (Å²) in [5.74, 6) is 1.35. The molecule has 1 aliphatic rings. The van der Waals surface area contributed by atoms with E-state index in [0.29, 0.717) is 5.95 Å². The molecule has 1 aliphatic heterocycles. The molecule has 0 spiro atoms. The molecule has 1 aromatic heterocycles. The van der Waals surface area contributed by atoms with Crippen molar-refractivity contribution in [1.29, 1.82) is 0 Å². The standard InChI is InChI=1S/C12H22N6O/c1-2-3-13-11-10-15-17-12(16-11)14-4-5-18-6-8-19-9-7-18/h10H,2-9H2,1H3,(H2,13,14,16,17). The van der Waals surface area contributed by atoms with Crippen molar-refractivity contribution in [2.45, 2.75) is 13.3 Å². The molecular weight excluding hydrogens is 244 g/mol. The van der Waals surface area contributed by atoms with Gasteiger partial charge in [-0.25, -0.2) is 0 Å². The lowest BCUT2D eigenvalue weighted by Crippen LogP contribution is -2.39. The van der Waals surface area contributed by atoms with Gasteiger partial charge in [0.2, 0.25) is 5.95 Å². The first kappa shape index (κ1) is 14.0. The molecule has 0 saturated carbocycles. The molecule has 0 aliphatic carbocycles. The smallest absolute Gasteiger partial charge is 0.244 e. The Morgan fingerprint density at radius 3 is 2.89 bits per heavy atom. The van der Waals surface area contributed by atoms with Crippen molar-refractivity contribution in [3.8, 4) is 0 Å². The van der Waals surface area contributed by atoms with Crippen molar-refractivity contribution in [1.82, 2.24) is 20.1 Å². The van der Waals surface area contributed by atoms with Crippen LogP contribution >= 0.6 is 0 Å². The minimum Gasteiger partial charge on any atom is -0.379 e. The van der Waals surface area contributed by atoms with Gasteiger partial charge in [0.1, 0.15) is 5.82 Å². The fourth-order valence-electron chi connectivity index (χ4n) is 1.87. The second-order valence-corrected chi connectivity index (χ2v) is 4.47. The molecule has 2 rings (SSSR count). The Labute approximate surface area is 113 Å². The van der Waals surface area contributed by atoms with Gasteiger partial charge in [0.05, 0.1) is 19.4 Å². The van der Waals surface area contributed by atoms with E-state index >= 15 is 0 Å². The van der Waals surface area contributed by atoms with Crippen LogP contribution in [0.15, 0.2) is 6.20 Å². The Balaban J connectivity index is 1.72. The number of nitrogens with one attached hydrogen (secondary N) is 2. The molecule has 0 amide bonds. The number of rotatable bonds is 7. The van der Waals surface area contributed by atoms with E-state index < -0.39 is 0 Å². The number of nitrogens with zero attached hydrogens (tertiary/aromatic N) is 4. The summed E-state index contributed by atoms with van der Waals surface area (Å²) in [6, 6.07) is 0. The molecule has 0 unspecified atom stereocenters. The van der Waals surface area contributed by atoms with Gasteiger partial charge in [-0.15, -0.1) is 5.10 Å². The van der Waals surface area contributed by atoms with Gasteiger partial charge >= 0.3 is 0 Å². The number of hydrogen-bond donors (Lipinski definition) is 2. The van der Waals surface area contributed by atoms with Crippen molar-refractivity contribution in [2.24, 2.45) is 0 Å². The second kappa shape index (κ2) is 7.85. The van der Waals surface area contributed by atoms with E-state index in [-0.39, 0.29) is 0 Å². The monoisotopic (exact) mass is 266 g/mol. The average Bonchev–Trinajstić information content (AvgIpc) is 2.47. The molecule has 2 N–H and O–H groups in total. The molecule has 0 radical (unpaired) electrons. The number of morpholine rings is 1. The van der Waals surface area contributed by atoms with Crippen molar-refractivity contribution in [3.05, 3.63) is 6.20 Å². The van der Waals surface area contributed by atoms with E-state index in [0.717, 1.165) is 58.2 Å². The van der Waals surface area contributed by atoms with Gasteiger partial charge in [0, 0.05) is 32.7 Å². The van der Waals surface area contributed by atoms with Gasteiger partial charge in [-0.1, -0.05) is 6.92 Å². The van der Waals surface area contributed by atoms with Crippen molar-refractivity contribution in [2.75, 3.05) is 56.6 Å². The van der Waals surface area contributed by atoms with Crippen LogP contribution in [-0.2, 0) is 4.74 Å². The highest BCUT2D eigenvalue weighted by molar-refractivity contribution is 5.36. The van der Waals surface area contributed by atoms with Gasteiger partial charge in [-0.2, -0.15) is 10.1 Å². The Bertz CT molecular complexity index is 369. The fourth-order valence-corrected chi connectivity index (χ4v) is 1.87. The minimum absolute atomic E-state index is 0.578. The van der Waals surface area contributed by atoms with E-state index in [2.05, 4.69) is 37.6 Å². The van der Waals surface area contributed by atoms with E-state index in [9.17, 15) is 0 Å². The van der Waals surface area contributed by atoms with Crippen molar-refractivity contribution in [3.63, 3.8) is 0 Å². The number of anilines is 2. The molecule has 2 heterocycles. The van der Waals surface area contributed by atoms with Crippen LogP contribution in [0.2, 0.25) is 0 Å². The van der Waals surface area contributed by atoms with Crippen molar-refractivity contribution >= 4 is 11.8 Å². The first-order valence-corrected chi connectivity index (χ1v) is 6.86. The molecule has 106 valence electrons. The summed E-state index contributed by atoms with van der Waals surface area (Å²) in [4.78, 5) is 6.72. The van der Waals surface area contributed by atoms with Crippen LogP contribution in [0.4, 0.5) is 11.8 Å². The third-order valence-corrected chi connectivity index (χ3v) is 2.93. The summed E-state index contributed by atoms with van der Waals surface area (Å²) in [5.41, 5.74) is 0. The summed E-state index contributed by atoms with van der Waals surface area (Å²) in [6.07, 6.45) is 2.70. The highest BCUT2D eigenvalue weighted by atomic mass is 16.5. The molecule has 19 heavy (non-hydrogen) atoms. The normalized spacial score (nSPS) is 16.3. The maximum Gasteiger partial charge on any atom is 0.244 e. The largest absolute Gasteiger partial charge is 0.379 e. The van der Waals surface area contributed by atoms with E-state index in [1.165, 1.54) is 0 Å². The molecule has 0 atom stereocenters. The number of aromatic nitrogens is 3. The molecule has 0 bridgehead atoms. The Morgan fingerprint density at radius 2 is 2.11 bits per heavy atom. The van der Waals surface area contributed by atoms with E-state index in [4.69, 9.17) is 4.74 Å². The zero-order chi connectivity index (χ0) is 13.3. The molecule has 7 heteroatoms. The maximum atomic E-state index is 5.31. The quantitative estimate of drug-likeness (QED) is 0.741. The number of ether oxygens (including phenoxy) is 1. The van der Waals surface area contributed by atoms with Crippen LogP contribution in [-0.4, -0.2) is 66.0 Å². The third kappa shape index (κ3) is 4.96. The highest BCUT2D eigenvalue weighted by Crippen LogP contribution is 2.03. The average molecular weight is 266 g/mol. The summed E-state index contributed by atoms with van der Waals surface area (Å²) < 4.78 is 5.31. The van der Waals surface area contributed by atoms with Crippen molar-refractivity contribution < 1.29 is 4.74 Å². The highest BCUT2D eigenvalue weighted by Gasteiger charge is 2.09. The lowest BCUT2D eigenvalue weighted by Gasteiger charge is -2.26. The topological polar surface area (TPSA) is 75.2 Å².